The van der Waals surface area contributed by atoms with Crippen molar-refractivity contribution in [2.45, 2.75) is 44.9 Å². The molecule has 1 aliphatic rings. The van der Waals surface area contributed by atoms with Gasteiger partial charge in [0.15, 0.2) is 11.6 Å². The van der Waals surface area contributed by atoms with Gasteiger partial charge in [0.2, 0.25) is 0 Å². The average Bonchev–Trinajstić information content (AvgIpc) is 2.60. The molecule has 0 saturated heterocycles. The molecule has 0 radical (unpaired) electrons. The summed E-state index contributed by atoms with van der Waals surface area (Å²) in [5.74, 6) is -2.63. The predicted molar refractivity (Wildman–Crippen MR) is 67.8 cm³/mol. The van der Waals surface area contributed by atoms with E-state index < -0.39 is 23.0 Å². The van der Waals surface area contributed by atoms with E-state index in [4.69, 9.17) is 0 Å². The zero-order valence-corrected chi connectivity index (χ0v) is 10.8. The molecular formula is C15H18F2O2. The third-order valence-electron chi connectivity index (χ3n) is 4.04. The number of hydrogen-bond donors (Lipinski definition) is 1. The van der Waals surface area contributed by atoms with Gasteiger partial charge in [-0.3, -0.25) is 4.79 Å². The minimum Gasteiger partial charge on any atom is -0.481 e. The highest BCUT2D eigenvalue weighted by molar-refractivity contribution is 5.75. The Balaban J connectivity index is 2.24. The number of rotatable bonds is 3. The highest BCUT2D eigenvalue weighted by Crippen LogP contribution is 2.38. The Morgan fingerprint density at radius 1 is 1.11 bits per heavy atom. The van der Waals surface area contributed by atoms with E-state index in [-0.39, 0.29) is 6.42 Å². The van der Waals surface area contributed by atoms with Crippen molar-refractivity contribution in [2.24, 2.45) is 5.41 Å². The minimum atomic E-state index is -0.910. The van der Waals surface area contributed by atoms with Crippen molar-refractivity contribution in [3.8, 4) is 0 Å². The molecule has 2 nitrogen and oxygen atoms in total. The highest BCUT2D eigenvalue weighted by atomic mass is 19.2. The van der Waals surface area contributed by atoms with Crippen LogP contribution in [0, 0.1) is 17.0 Å². The summed E-state index contributed by atoms with van der Waals surface area (Å²) in [6.07, 6.45) is 5.37. The summed E-state index contributed by atoms with van der Waals surface area (Å²) in [4.78, 5) is 11.6. The topological polar surface area (TPSA) is 37.3 Å². The predicted octanol–water partition coefficient (Wildman–Crippen LogP) is 3.93. The van der Waals surface area contributed by atoms with Crippen LogP contribution in [0.15, 0.2) is 18.2 Å². The summed E-state index contributed by atoms with van der Waals surface area (Å²) >= 11 is 0. The minimum absolute atomic E-state index is 0.277. The molecule has 1 saturated carbocycles. The van der Waals surface area contributed by atoms with Crippen LogP contribution in [-0.4, -0.2) is 11.1 Å². The maximum absolute atomic E-state index is 13.2. The van der Waals surface area contributed by atoms with E-state index in [0.717, 1.165) is 37.8 Å². The number of carboxylic acids is 1. The zero-order chi connectivity index (χ0) is 13.9. The van der Waals surface area contributed by atoms with Gasteiger partial charge in [0, 0.05) is 0 Å². The molecule has 2 rings (SSSR count). The van der Waals surface area contributed by atoms with E-state index in [9.17, 15) is 18.7 Å². The van der Waals surface area contributed by atoms with Crippen LogP contribution < -0.4 is 0 Å². The molecule has 0 atom stereocenters. The zero-order valence-electron chi connectivity index (χ0n) is 10.8. The third kappa shape index (κ3) is 3.11. The van der Waals surface area contributed by atoms with Crippen LogP contribution in [0.3, 0.4) is 0 Å². The fraction of sp³-hybridized carbons (Fsp3) is 0.533. The molecule has 0 spiro atoms. The van der Waals surface area contributed by atoms with Crippen LogP contribution in [0.5, 0.6) is 0 Å². The molecule has 0 aliphatic heterocycles. The average molecular weight is 268 g/mol. The SMILES string of the molecule is O=C(O)C1(Cc2ccc(F)c(F)c2)CCCCCC1. The van der Waals surface area contributed by atoms with Gasteiger partial charge in [0.25, 0.3) is 0 Å². The Kier molecular flexibility index (Phi) is 4.17. The number of carboxylic acid groups (broad SMARTS) is 1. The molecule has 1 aromatic carbocycles. The summed E-state index contributed by atoms with van der Waals surface area (Å²) < 4.78 is 26.1. The first-order valence-electron chi connectivity index (χ1n) is 6.71. The Morgan fingerprint density at radius 3 is 2.26 bits per heavy atom. The van der Waals surface area contributed by atoms with Gasteiger partial charge in [-0.25, -0.2) is 8.78 Å². The first-order chi connectivity index (χ1) is 9.03. The normalized spacial score (nSPS) is 18.8. The van der Waals surface area contributed by atoms with Crippen LogP contribution in [0.2, 0.25) is 0 Å². The van der Waals surface area contributed by atoms with Gasteiger partial charge in [-0.05, 0) is 37.0 Å². The Hall–Kier alpha value is -1.45. The Bertz CT molecular complexity index is 463. The number of benzene rings is 1. The number of carbonyl (C=O) groups is 1. The summed E-state index contributed by atoms with van der Waals surface area (Å²) in [7, 11) is 0. The lowest BCUT2D eigenvalue weighted by Gasteiger charge is -2.28. The molecule has 1 N–H and O–H groups in total. The molecule has 0 amide bonds. The largest absolute Gasteiger partial charge is 0.481 e. The molecule has 4 heteroatoms. The van der Waals surface area contributed by atoms with Gasteiger partial charge < -0.3 is 5.11 Å². The Labute approximate surface area is 111 Å². The van der Waals surface area contributed by atoms with E-state index in [1.165, 1.54) is 6.07 Å². The van der Waals surface area contributed by atoms with Crippen LogP contribution in [0.4, 0.5) is 8.78 Å². The fourth-order valence-electron chi connectivity index (χ4n) is 2.91. The van der Waals surface area contributed by atoms with Gasteiger partial charge in [-0.1, -0.05) is 31.7 Å². The van der Waals surface area contributed by atoms with Crippen LogP contribution in [0.1, 0.15) is 44.1 Å². The first-order valence-corrected chi connectivity index (χ1v) is 6.71. The maximum atomic E-state index is 13.2. The van der Waals surface area contributed by atoms with Crippen LogP contribution >= 0.6 is 0 Å². The van der Waals surface area contributed by atoms with Gasteiger partial charge in [0.05, 0.1) is 5.41 Å². The summed E-state index contributed by atoms with van der Waals surface area (Å²) in [6.45, 7) is 0. The van der Waals surface area contributed by atoms with Crippen molar-refractivity contribution < 1.29 is 18.7 Å². The molecule has 19 heavy (non-hydrogen) atoms. The molecule has 104 valence electrons. The van der Waals surface area contributed by atoms with Crippen LogP contribution in [0.25, 0.3) is 0 Å². The first kappa shape index (κ1) is 14.0. The number of halogens is 2. The van der Waals surface area contributed by atoms with Crippen molar-refractivity contribution in [3.63, 3.8) is 0 Å². The highest BCUT2D eigenvalue weighted by Gasteiger charge is 2.38. The monoisotopic (exact) mass is 268 g/mol. The molecule has 1 aliphatic carbocycles. The summed E-state index contributed by atoms with van der Waals surface area (Å²) in [5, 5.41) is 9.53. The lowest BCUT2D eigenvalue weighted by atomic mass is 9.75. The van der Waals surface area contributed by atoms with Crippen molar-refractivity contribution in [1.82, 2.24) is 0 Å². The Morgan fingerprint density at radius 2 is 1.74 bits per heavy atom. The van der Waals surface area contributed by atoms with Gasteiger partial charge in [-0.15, -0.1) is 0 Å². The van der Waals surface area contributed by atoms with E-state index in [0.29, 0.717) is 18.4 Å². The summed E-state index contributed by atoms with van der Waals surface area (Å²) in [6, 6.07) is 3.66. The second-order valence-electron chi connectivity index (χ2n) is 5.42. The smallest absolute Gasteiger partial charge is 0.309 e. The second-order valence-corrected chi connectivity index (χ2v) is 5.42. The van der Waals surface area contributed by atoms with Crippen molar-refractivity contribution in [2.75, 3.05) is 0 Å². The molecule has 1 fully saturated rings. The lowest BCUT2D eigenvalue weighted by molar-refractivity contribution is -0.149. The van der Waals surface area contributed by atoms with E-state index in [2.05, 4.69) is 0 Å². The van der Waals surface area contributed by atoms with Gasteiger partial charge >= 0.3 is 5.97 Å². The maximum Gasteiger partial charge on any atom is 0.309 e. The van der Waals surface area contributed by atoms with Gasteiger partial charge in [-0.2, -0.15) is 0 Å². The van der Waals surface area contributed by atoms with Gasteiger partial charge in [0.1, 0.15) is 0 Å². The lowest BCUT2D eigenvalue weighted by Crippen LogP contribution is -2.33. The standard InChI is InChI=1S/C15H18F2O2/c16-12-6-5-11(9-13(12)17)10-15(14(18)19)7-3-1-2-4-8-15/h5-6,9H,1-4,7-8,10H2,(H,18,19). The third-order valence-corrected chi connectivity index (χ3v) is 4.04. The summed E-state index contributed by atoms with van der Waals surface area (Å²) in [5.41, 5.74) is -0.260. The van der Waals surface area contributed by atoms with Crippen molar-refractivity contribution >= 4 is 5.97 Å². The quantitative estimate of drug-likeness (QED) is 0.843. The molecule has 1 aromatic rings. The van der Waals surface area contributed by atoms with Crippen LogP contribution in [-0.2, 0) is 11.2 Å². The second kappa shape index (κ2) is 5.68. The number of aliphatic carboxylic acids is 1. The molecular weight excluding hydrogens is 250 g/mol. The molecule has 0 unspecified atom stereocenters. The fourth-order valence-corrected chi connectivity index (χ4v) is 2.91. The van der Waals surface area contributed by atoms with Crippen molar-refractivity contribution in [1.29, 1.82) is 0 Å². The van der Waals surface area contributed by atoms with Crippen molar-refractivity contribution in [3.05, 3.63) is 35.4 Å². The molecule has 0 bridgehead atoms. The van der Waals surface area contributed by atoms with E-state index in [1.807, 2.05) is 0 Å². The van der Waals surface area contributed by atoms with E-state index >= 15 is 0 Å². The number of hydrogen-bond acceptors (Lipinski definition) is 1. The molecule has 0 aromatic heterocycles. The molecule has 0 heterocycles. The van der Waals surface area contributed by atoms with E-state index in [1.54, 1.807) is 0 Å².